The molecule has 0 atom stereocenters. The zero-order valence-electron chi connectivity index (χ0n) is 72.2. The van der Waals surface area contributed by atoms with E-state index in [1.165, 1.54) is 200 Å². The van der Waals surface area contributed by atoms with Gasteiger partial charge in [0.25, 0.3) is 0 Å². The van der Waals surface area contributed by atoms with Crippen molar-refractivity contribution >= 4 is 77.6 Å². The third-order valence-corrected chi connectivity index (χ3v) is 31.3. The summed E-state index contributed by atoms with van der Waals surface area (Å²) in [6, 6.07) is 80.2. The number of hydrogen-bond donors (Lipinski definition) is 0. The van der Waals surface area contributed by atoms with Gasteiger partial charge in [-0.1, -0.05) is 352 Å². The van der Waals surface area contributed by atoms with Crippen molar-refractivity contribution in [2.75, 3.05) is 0 Å². The summed E-state index contributed by atoms with van der Waals surface area (Å²) in [5.41, 5.74) is 75.7. The highest BCUT2D eigenvalue weighted by molar-refractivity contribution is 6.07. The number of hydrogen-bond acceptors (Lipinski definition) is 0. The van der Waals surface area contributed by atoms with Gasteiger partial charge in [-0.15, -0.1) is 0 Å². The molecule has 0 aliphatic heterocycles. The van der Waals surface area contributed by atoms with Crippen molar-refractivity contribution in [2.24, 2.45) is 0 Å². The van der Waals surface area contributed by atoms with Gasteiger partial charge in [-0.2, -0.15) is 0 Å². The second-order valence-electron chi connectivity index (χ2n) is 37.7. The van der Waals surface area contributed by atoms with Crippen LogP contribution in [0.25, 0.3) is 155 Å². The Morgan fingerprint density at radius 2 is 0.406 bits per heavy atom. The third-order valence-electron chi connectivity index (χ3n) is 31.3. The first-order valence-electron chi connectivity index (χ1n) is 47.1. The molecule has 128 heavy (non-hydrogen) atoms. The molecule has 606 valence electrons. The lowest BCUT2D eigenvalue weighted by molar-refractivity contribution is 1.15. The van der Waals surface area contributed by atoms with Crippen LogP contribution in [0.1, 0.15) is 200 Å². The smallest absolute Gasteiger partial charge is 0.000718 e. The number of fused-ring (bicyclic) bond motifs is 50. The average Bonchev–Trinajstić information content (AvgIpc) is 1.60. The van der Waals surface area contributed by atoms with Crippen molar-refractivity contribution < 1.29 is 0 Å². The Morgan fingerprint density at radius 3 is 0.977 bits per heavy atom. The zero-order chi connectivity index (χ0) is 83.8. The molecule has 0 heteroatoms. The normalized spacial score (nSPS) is 15.7. The van der Waals surface area contributed by atoms with Gasteiger partial charge in [0.1, 0.15) is 0 Å². The van der Waals surface area contributed by atoms with Gasteiger partial charge >= 0.3 is 0 Å². The highest BCUT2D eigenvalue weighted by Gasteiger charge is 2.37. The van der Waals surface area contributed by atoms with Crippen molar-refractivity contribution in [2.45, 2.75) is 116 Å². The van der Waals surface area contributed by atoms with Gasteiger partial charge in [0, 0.05) is 0 Å². The molecular formula is C128H94. The number of benzene rings is 15. The third kappa shape index (κ3) is 11.5. The fourth-order valence-corrected chi connectivity index (χ4v) is 25.9. The van der Waals surface area contributed by atoms with Gasteiger partial charge in [0.15, 0.2) is 0 Å². The Kier molecular flexibility index (Phi) is 17.2. The predicted molar refractivity (Wildman–Crippen MR) is 540 cm³/mol. The summed E-state index contributed by atoms with van der Waals surface area (Å²) in [5.74, 6) is 0. The van der Waals surface area contributed by atoms with Crippen molar-refractivity contribution in [1.29, 1.82) is 0 Å². The largest absolute Gasteiger partial charge is 0.0795 e. The lowest BCUT2D eigenvalue weighted by atomic mass is 9.89. The molecule has 0 N–H and O–H groups in total. The van der Waals surface area contributed by atoms with Crippen LogP contribution in [0, 0.1) is 0 Å². The standard InChI is InChI=1S/C20H14.4C19H14.2C16H12/c1-2-7-14-13(6-1)12-19-17-11-5-10-15(17)16-8-3-4-9-18(16)20(14)19;4*1-2-6-13-12(5-1)11-18-16-9-3-7-14(16)15-8-4-10-17(15)19(13)18;2*1-2-6-15-12(4-1)10-13-9-8-11-5-3-7-14(11)16(13)15/h1-10H,11-12H2;1-6,9-10H,7-8,11H2;1-6,8-9H,7,10-11H2;1-7,10H,8-9,11H2;1-8H,9-11H2;1-4,6-9H,5,10H2;1-6,8-9H,7,10H2. The van der Waals surface area contributed by atoms with E-state index in [1.807, 2.05) is 0 Å². The van der Waals surface area contributed by atoms with E-state index in [1.54, 1.807) is 89.0 Å². The van der Waals surface area contributed by atoms with Gasteiger partial charge in [-0.25, -0.2) is 0 Å². The molecular weight excluding hydrogens is 1540 g/mol. The fourth-order valence-electron chi connectivity index (χ4n) is 25.9. The van der Waals surface area contributed by atoms with Crippen LogP contribution >= 0.6 is 0 Å². The van der Waals surface area contributed by atoms with Crippen LogP contribution in [0.2, 0.25) is 0 Å². The maximum atomic E-state index is 2.35. The molecule has 0 aromatic heterocycles. The van der Waals surface area contributed by atoms with Gasteiger partial charge in [-0.3, -0.25) is 0 Å². The Bertz CT molecular complexity index is 7880. The summed E-state index contributed by atoms with van der Waals surface area (Å²) in [6.07, 6.45) is 71.0. The molecule has 15 aromatic rings. The minimum Gasteiger partial charge on any atom is -0.0795 e. The molecule has 0 saturated heterocycles. The van der Waals surface area contributed by atoms with E-state index in [0.29, 0.717) is 0 Å². The van der Waals surface area contributed by atoms with Crippen LogP contribution < -0.4 is 0 Å². The quantitative estimate of drug-likeness (QED) is 0.142. The highest BCUT2D eigenvalue weighted by atomic mass is 14.4. The average molecular weight is 1630 g/mol. The van der Waals surface area contributed by atoms with Gasteiger partial charge in [-0.05, 0) is 405 Å². The second-order valence-corrected chi connectivity index (χ2v) is 37.7. The van der Waals surface area contributed by atoms with Crippen LogP contribution in [-0.2, 0) is 116 Å². The molecule has 0 spiro atoms. The minimum absolute atomic E-state index is 1.09. The monoisotopic (exact) mass is 1630 g/mol. The summed E-state index contributed by atoms with van der Waals surface area (Å²) in [7, 11) is 0. The lowest BCUT2D eigenvalue weighted by Crippen LogP contribution is -1.99. The van der Waals surface area contributed by atoms with Crippen LogP contribution in [0.4, 0.5) is 0 Å². The van der Waals surface area contributed by atoms with E-state index < -0.39 is 0 Å². The van der Waals surface area contributed by atoms with Crippen LogP contribution in [-0.4, -0.2) is 0 Å². The Hall–Kier alpha value is -14.3. The molecule has 0 fully saturated rings. The Balaban J connectivity index is 0.0000000773. The van der Waals surface area contributed by atoms with Crippen molar-refractivity contribution in [1.82, 2.24) is 0 Å². The molecule has 15 aromatic carbocycles. The summed E-state index contributed by atoms with van der Waals surface area (Å²) >= 11 is 0. The summed E-state index contributed by atoms with van der Waals surface area (Å²) < 4.78 is 0. The van der Waals surface area contributed by atoms with Crippen LogP contribution in [0.15, 0.2) is 285 Å². The molecule has 0 bridgehead atoms. The van der Waals surface area contributed by atoms with E-state index in [-0.39, 0.29) is 0 Å². The predicted octanol–water partition coefficient (Wildman–Crippen LogP) is 30.2. The molecule has 0 radical (unpaired) electrons. The lowest BCUT2D eigenvalue weighted by Gasteiger charge is -2.15. The zero-order valence-corrected chi connectivity index (χ0v) is 72.2. The molecule has 18 aliphatic rings. The number of rotatable bonds is 0. The first-order valence-corrected chi connectivity index (χ1v) is 47.1. The molecule has 0 saturated carbocycles. The van der Waals surface area contributed by atoms with Crippen molar-refractivity contribution in [3.63, 3.8) is 0 Å². The molecule has 0 heterocycles. The van der Waals surface area contributed by atoms with Crippen LogP contribution in [0.3, 0.4) is 0 Å². The van der Waals surface area contributed by atoms with Gasteiger partial charge < -0.3 is 0 Å². The summed E-state index contributed by atoms with van der Waals surface area (Å²) in [4.78, 5) is 0. The molecule has 0 nitrogen and oxygen atoms in total. The van der Waals surface area contributed by atoms with Crippen molar-refractivity contribution in [3.05, 3.63) is 486 Å². The maximum Gasteiger partial charge on any atom is -0.000718 e. The number of allylic oxidation sites excluding steroid dienone is 11. The Labute approximate surface area is 751 Å². The first kappa shape index (κ1) is 74.0. The van der Waals surface area contributed by atoms with Crippen LogP contribution in [0.5, 0.6) is 0 Å². The molecule has 0 amide bonds. The van der Waals surface area contributed by atoms with Gasteiger partial charge in [0.2, 0.25) is 0 Å². The van der Waals surface area contributed by atoms with E-state index in [2.05, 4.69) is 352 Å². The van der Waals surface area contributed by atoms with E-state index in [9.17, 15) is 0 Å². The second kappa shape index (κ2) is 29.7. The fraction of sp³-hybridized carbons (Fsp3) is 0.141. The van der Waals surface area contributed by atoms with E-state index in [4.69, 9.17) is 0 Å². The molecule has 0 unspecified atom stereocenters. The molecule has 33 rings (SSSR count). The van der Waals surface area contributed by atoms with E-state index >= 15 is 0 Å². The topological polar surface area (TPSA) is 0 Å². The first-order chi connectivity index (χ1) is 63.5. The summed E-state index contributed by atoms with van der Waals surface area (Å²) in [5, 5.41) is 2.82. The highest BCUT2D eigenvalue weighted by Crippen LogP contribution is 2.55. The Morgan fingerprint density at radius 1 is 0.125 bits per heavy atom. The SMILES string of the molecule is C1=Cc2c(c3c(c4c2-c2ccccc2C4)CC=C3)C1.C1=Cc2c(c3c(c4c2Cc2ccccc2-4)C=CC3)C1.C1=Cc2c(c3c(c4c2Cc2ccccc2-4)CC=C3)C1.C1=Cc2c(c3c(c4ccccc24)-c2ccccc2C3)C1.C1=Cc2c(ccc3c2-c2ccccc2C3)C1.C1=Cc2c3c(c4c(c2C1)Cc1ccccc1-4)CC=C3.C1=Cc2ccc3c(c2C1)-c1ccccc1C3. The maximum absolute atomic E-state index is 2.35. The minimum atomic E-state index is 1.09. The molecule has 18 aliphatic carbocycles. The van der Waals surface area contributed by atoms with Gasteiger partial charge in [0.05, 0.1) is 0 Å². The summed E-state index contributed by atoms with van der Waals surface area (Å²) in [6.45, 7) is 0. The van der Waals surface area contributed by atoms with Crippen molar-refractivity contribution in [3.8, 4) is 77.9 Å². The van der Waals surface area contributed by atoms with E-state index in [0.717, 1.165) is 116 Å².